The first-order valence-electron chi connectivity index (χ1n) is 11.0. The molecule has 2 aromatic heterocycles. The molecule has 0 radical (unpaired) electrons. The van der Waals surface area contributed by atoms with Gasteiger partial charge in [0, 0.05) is 22.8 Å². The molecule has 1 saturated carbocycles. The number of alkyl halides is 3. The predicted octanol–water partition coefficient (Wildman–Crippen LogP) is 6.43. The molecule has 5 rings (SSSR count). The van der Waals surface area contributed by atoms with Crippen molar-refractivity contribution in [1.82, 2.24) is 9.55 Å². The van der Waals surface area contributed by atoms with Gasteiger partial charge in [-0.15, -0.1) is 0 Å². The van der Waals surface area contributed by atoms with Gasteiger partial charge in [-0.05, 0) is 74.4 Å². The summed E-state index contributed by atoms with van der Waals surface area (Å²) in [6.45, 7) is 1.97. The molecule has 174 valence electrons. The maximum atomic E-state index is 12.9. The van der Waals surface area contributed by atoms with Crippen molar-refractivity contribution in [3.63, 3.8) is 0 Å². The van der Waals surface area contributed by atoms with Gasteiger partial charge in [0.15, 0.2) is 0 Å². The Balaban J connectivity index is 1.55. The summed E-state index contributed by atoms with van der Waals surface area (Å²) >= 11 is 0. The van der Waals surface area contributed by atoms with Crippen molar-refractivity contribution < 1.29 is 27.4 Å². The Labute approximate surface area is 193 Å². The highest BCUT2D eigenvalue weighted by Crippen LogP contribution is 2.33. The first-order valence-corrected chi connectivity index (χ1v) is 11.0. The Morgan fingerprint density at radius 2 is 1.82 bits per heavy atom. The molecule has 0 aliphatic heterocycles. The van der Waals surface area contributed by atoms with Crippen LogP contribution in [0.4, 0.5) is 13.2 Å². The Kier molecular flexibility index (Phi) is 5.51. The highest BCUT2D eigenvalue weighted by atomic mass is 19.4. The second-order valence-electron chi connectivity index (χ2n) is 8.10. The summed E-state index contributed by atoms with van der Waals surface area (Å²) < 4.78 is 51.5. The van der Waals surface area contributed by atoms with Gasteiger partial charge in [-0.2, -0.15) is 13.2 Å². The van der Waals surface area contributed by atoms with Crippen LogP contribution in [-0.4, -0.2) is 28.2 Å². The molecule has 0 saturated heterocycles. The van der Waals surface area contributed by atoms with E-state index < -0.39 is 17.7 Å². The predicted molar refractivity (Wildman–Crippen MR) is 121 cm³/mol. The average molecular weight is 466 g/mol. The SMILES string of the molecule is CCOC(=O)c1cc2cc(-c3ccc(C(F)(F)F)cn3)ccc2n1-c1ccc(OC2CC2)cc1. The number of ether oxygens (including phenoxy) is 2. The number of hydrogen-bond acceptors (Lipinski definition) is 4. The van der Waals surface area contributed by atoms with Gasteiger partial charge in [0.2, 0.25) is 0 Å². The van der Waals surface area contributed by atoms with E-state index in [1.165, 1.54) is 6.07 Å². The molecular formula is C26H21F3N2O3. The molecule has 2 heterocycles. The molecule has 1 fully saturated rings. The molecule has 1 aliphatic carbocycles. The Morgan fingerprint density at radius 3 is 2.44 bits per heavy atom. The van der Waals surface area contributed by atoms with Crippen molar-refractivity contribution in [2.45, 2.75) is 32.0 Å². The van der Waals surface area contributed by atoms with Crippen LogP contribution < -0.4 is 4.74 Å². The lowest BCUT2D eigenvalue weighted by atomic mass is 10.1. The van der Waals surface area contributed by atoms with E-state index >= 15 is 0 Å². The molecule has 8 heteroatoms. The Bertz CT molecular complexity index is 1340. The number of carbonyl (C=O) groups excluding carboxylic acids is 1. The summed E-state index contributed by atoms with van der Waals surface area (Å²) in [7, 11) is 0. The van der Waals surface area contributed by atoms with Gasteiger partial charge in [-0.25, -0.2) is 4.79 Å². The maximum Gasteiger partial charge on any atom is 0.417 e. The molecule has 0 N–H and O–H groups in total. The summed E-state index contributed by atoms with van der Waals surface area (Å²) in [5, 5.41) is 0.737. The smallest absolute Gasteiger partial charge is 0.417 e. The van der Waals surface area contributed by atoms with Gasteiger partial charge in [0.25, 0.3) is 0 Å². The van der Waals surface area contributed by atoms with E-state index in [1.54, 1.807) is 29.7 Å². The molecule has 0 bridgehead atoms. The second kappa shape index (κ2) is 8.52. The van der Waals surface area contributed by atoms with Crippen LogP contribution in [0.25, 0.3) is 27.8 Å². The van der Waals surface area contributed by atoms with E-state index in [1.807, 2.05) is 30.3 Å². The molecule has 0 atom stereocenters. The number of hydrogen-bond donors (Lipinski definition) is 0. The standard InChI is InChI=1S/C26H21F3N2O3/c1-2-33-25(32)24-14-17-13-16(22-11-4-18(15-30-22)26(27,28)29)3-12-23(17)31(24)19-5-7-20(8-6-19)34-21-9-10-21/h3-8,11-15,21H,2,9-10H2,1H3. The van der Waals surface area contributed by atoms with Crippen molar-refractivity contribution in [2.24, 2.45) is 0 Å². The number of esters is 1. The number of fused-ring (bicyclic) bond motifs is 1. The Hall–Kier alpha value is -3.81. The van der Waals surface area contributed by atoms with Crippen molar-refractivity contribution in [3.05, 3.63) is 78.1 Å². The summed E-state index contributed by atoms with van der Waals surface area (Å²) in [6.07, 6.45) is -1.22. The fraction of sp³-hybridized carbons (Fsp3) is 0.231. The van der Waals surface area contributed by atoms with Crippen molar-refractivity contribution in [1.29, 1.82) is 0 Å². The molecule has 1 aliphatic rings. The summed E-state index contributed by atoms with van der Waals surface area (Å²) in [5.41, 5.74) is 2.12. The van der Waals surface area contributed by atoms with Crippen LogP contribution in [0.2, 0.25) is 0 Å². The molecule has 34 heavy (non-hydrogen) atoms. The van der Waals surface area contributed by atoms with Gasteiger partial charge >= 0.3 is 12.1 Å². The minimum atomic E-state index is -4.44. The highest BCUT2D eigenvalue weighted by molar-refractivity contribution is 5.98. The van der Waals surface area contributed by atoms with Gasteiger partial charge in [0.05, 0.1) is 29.5 Å². The molecule has 5 nitrogen and oxygen atoms in total. The van der Waals surface area contributed by atoms with Gasteiger partial charge in [-0.3, -0.25) is 4.98 Å². The number of halogens is 3. The third-order valence-corrected chi connectivity index (χ3v) is 5.59. The van der Waals surface area contributed by atoms with Crippen LogP contribution in [0.3, 0.4) is 0 Å². The number of aromatic nitrogens is 2. The summed E-state index contributed by atoms with van der Waals surface area (Å²) in [5.74, 6) is 0.308. The average Bonchev–Trinajstić information content (AvgIpc) is 3.55. The number of pyridine rings is 1. The van der Waals surface area contributed by atoms with E-state index in [9.17, 15) is 18.0 Å². The van der Waals surface area contributed by atoms with Crippen LogP contribution in [0.1, 0.15) is 35.8 Å². The number of rotatable bonds is 6. The van der Waals surface area contributed by atoms with Gasteiger partial charge in [-0.1, -0.05) is 6.07 Å². The number of carbonyl (C=O) groups is 1. The van der Waals surface area contributed by atoms with Crippen LogP contribution in [-0.2, 0) is 10.9 Å². The topological polar surface area (TPSA) is 53.3 Å². The molecule has 0 amide bonds. The number of nitrogens with zero attached hydrogens (tertiary/aromatic N) is 2. The third-order valence-electron chi connectivity index (χ3n) is 5.59. The zero-order valence-electron chi connectivity index (χ0n) is 18.3. The van der Waals surface area contributed by atoms with E-state index in [0.29, 0.717) is 17.0 Å². The molecule has 0 unspecified atom stereocenters. The van der Waals surface area contributed by atoms with Crippen molar-refractivity contribution >= 4 is 16.9 Å². The van der Waals surface area contributed by atoms with Crippen LogP contribution in [0.5, 0.6) is 5.75 Å². The highest BCUT2D eigenvalue weighted by Gasteiger charge is 2.30. The molecule has 0 spiro atoms. The fourth-order valence-corrected chi connectivity index (χ4v) is 3.79. The Morgan fingerprint density at radius 1 is 1.06 bits per heavy atom. The van der Waals surface area contributed by atoms with E-state index in [4.69, 9.17) is 9.47 Å². The lowest BCUT2D eigenvalue weighted by Crippen LogP contribution is -2.11. The second-order valence-corrected chi connectivity index (χ2v) is 8.10. The monoisotopic (exact) mass is 466 g/mol. The lowest BCUT2D eigenvalue weighted by Gasteiger charge is -2.12. The molecular weight excluding hydrogens is 445 g/mol. The quantitative estimate of drug-likeness (QED) is 0.307. The lowest BCUT2D eigenvalue weighted by molar-refractivity contribution is -0.137. The third kappa shape index (κ3) is 4.35. The van der Waals surface area contributed by atoms with Crippen LogP contribution in [0, 0.1) is 0 Å². The molecule has 2 aromatic carbocycles. The fourth-order valence-electron chi connectivity index (χ4n) is 3.79. The minimum Gasteiger partial charge on any atom is -0.490 e. The zero-order valence-corrected chi connectivity index (χ0v) is 18.3. The first-order chi connectivity index (χ1) is 16.3. The summed E-state index contributed by atoms with van der Waals surface area (Å²) in [4.78, 5) is 16.7. The van der Waals surface area contributed by atoms with Gasteiger partial charge in [0.1, 0.15) is 11.4 Å². The first kappa shape index (κ1) is 22.0. The van der Waals surface area contributed by atoms with E-state index in [2.05, 4.69) is 4.98 Å². The van der Waals surface area contributed by atoms with E-state index in [0.717, 1.165) is 47.4 Å². The van der Waals surface area contributed by atoms with E-state index in [-0.39, 0.29) is 12.7 Å². The van der Waals surface area contributed by atoms with Crippen LogP contribution in [0.15, 0.2) is 66.9 Å². The zero-order chi connectivity index (χ0) is 23.9. The normalized spacial score (nSPS) is 13.8. The summed E-state index contributed by atoms with van der Waals surface area (Å²) in [6, 6.07) is 17.0. The minimum absolute atomic E-state index is 0.231. The van der Waals surface area contributed by atoms with Crippen LogP contribution >= 0.6 is 0 Å². The number of benzene rings is 2. The molecule has 4 aromatic rings. The largest absolute Gasteiger partial charge is 0.490 e. The van der Waals surface area contributed by atoms with Crippen molar-refractivity contribution in [2.75, 3.05) is 6.61 Å². The van der Waals surface area contributed by atoms with Gasteiger partial charge < -0.3 is 14.0 Å². The van der Waals surface area contributed by atoms with Crippen molar-refractivity contribution in [3.8, 4) is 22.7 Å². The maximum absolute atomic E-state index is 12.9.